The molecule has 9 rings (SSSR count). The highest BCUT2D eigenvalue weighted by atomic mass is 16.5. The maximum atomic E-state index is 12.3. The molecule has 0 aliphatic carbocycles. The lowest BCUT2D eigenvalue weighted by atomic mass is 10.0. The van der Waals surface area contributed by atoms with Crippen molar-refractivity contribution in [1.82, 2.24) is 34.9 Å². The maximum absolute atomic E-state index is 12.3. The van der Waals surface area contributed by atoms with Crippen LogP contribution in [-0.2, 0) is 4.74 Å². The number of aromatic nitrogens is 7. The summed E-state index contributed by atoms with van der Waals surface area (Å²) in [5, 5.41) is 0. The first-order valence-corrected chi connectivity index (χ1v) is 16.7. The lowest BCUT2D eigenvalue weighted by molar-refractivity contribution is 0.0600. The third-order valence-electron chi connectivity index (χ3n) is 9.26. The lowest BCUT2D eigenvalue weighted by Crippen LogP contribution is -2.00. The number of benzene rings is 1. The minimum absolute atomic E-state index is 0.394. The molecule has 9 nitrogen and oxygen atoms in total. The first kappa shape index (κ1) is 30.8. The molecule has 0 saturated carbocycles. The van der Waals surface area contributed by atoms with Gasteiger partial charge in [-0.05, 0) is 119 Å². The summed E-state index contributed by atoms with van der Waals surface area (Å²) in [6.45, 7) is 0. The van der Waals surface area contributed by atoms with Crippen molar-refractivity contribution in [2.75, 3.05) is 7.11 Å². The second-order valence-corrected chi connectivity index (χ2v) is 12.3. The van der Waals surface area contributed by atoms with Crippen molar-refractivity contribution in [3.05, 3.63) is 150 Å². The number of hydrogen-bond donors (Lipinski definition) is 2. The number of pyridine rings is 3. The molecule has 0 fully saturated rings. The molecule has 2 aliphatic heterocycles. The summed E-state index contributed by atoms with van der Waals surface area (Å²) in [7, 11) is 1.38. The Kier molecular flexibility index (Phi) is 7.63. The number of hydrogen-bond acceptors (Lipinski definition) is 7. The van der Waals surface area contributed by atoms with Gasteiger partial charge in [-0.1, -0.05) is 12.1 Å². The van der Waals surface area contributed by atoms with Crippen molar-refractivity contribution < 1.29 is 9.53 Å². The number of nitrogens with one attached hydrogen (secondary N) is 2. The highest BCUT2D eigenvalue weighted by Crippen LogP contribution is 2.38. The molecule has 0 saturated heterocycles. The van der Waals surface area contributed by atoms with E-state index in [0.29, 0.717) is 5.56 Å². The Balaban J connectivity index is 1.45. The van der Waals surface area contributed by atoms with Crippen molar-refractivity contribution in [2.45, 2.75) is 0 Å². The maximum Gasteiger partial charge on any atom is 0.337 e. The molecule has 0 atom stereocenters. The largest absolute Gasteiger partial charge is 0.465 e. The molecule has 0 spiro atoms. The molecule has 248 valence electrons. The van der Waals surface area contributed by atoms with Crippen LogP contribution in [-0.4, -0.2) is 48.0 Å². The average molecular weight is 676 g/mol. The molecule has 9 heteroatoms. The second-order valence-electron chi connectivity index (χ2n) is 12.3. The number of fused-ring (bicyclic) bond motifs is 8. The van der Waals surface area contributed by atoms with Gasteiger partial charge < -0.3 is 14.7 Å². The van der Waals surface area contributed by atoms with Gasteiger partial charge in [0.05, 0.1) is 35.4 Å². The fraction of sp³-hybridized carbons (Fsp3) is 0.0233. The molecule has 52 heavy (non-hydrogen) atoms. The molecule has 2 N–H and O–H groups in total. The molecule has 6 aromatic heterocycles. The number of ether oxygens (including phenoxy) is 1. The summed E-state index contributed by atoms with van der Waals surface area (Å²) in [6.07, 6.45) is 19.0. The molecule has 0 amide bonds. The Bertz CT molecular complexity index is 2680. The zero-order valence-corrected chi connectivity index (χ0v) is 27.9. The third-order valence-corrected chi connectivity index (χ3v) is 9.26. The minimum Gasteiger partial charge on any atom is -0.465 e. The van der Waals surface area contributed by atoms with Gasteiger partial charge in [-0.25, -0.2) is 14.8 Å². The number of methoxy groups -OCH3 is 1. The summed E-state index contributed by atoms with van der Waals surface area (Å²) in [5.41, 5.74) is 14.7. The van der Waals surface area contributed by atoms with Gasteiger partial charge in [-0.15, -0.1) is 0 Å². The number of nitrogens with zero attached hydrogens (tertiary/aromatic N) is 5. The first-order valence-electron chi connectivity index (χ1n) is 16.7. The van der Waals surface area contributed by atoms with Crippen LogP contribution >= 0.6 is 0 Å². The quantitative estimate of drug-likeness (QED) is 0.174. The Morgan fingerprint density at radius 2 is 0.750 bits per heavy atom. The van der Waals surface area contributed by atoms with Crippen molar-refractivity contribution in [3.8, 4) is 44.5 Å². The van der Waals surface area contributed by atoms with Crippen molar-refractivity contribution in [3.63, 3.8) is 0 Å². The molecule has 2 aliphatic rings. The van der Waals surface area contributed by atoms with Crippen LogP contribution in [0.25, 0.3) is 90.9 Å². The summed E-state index contributed by atoms with van der Waals surface area (Å²) < 4.78 is 4.97. The zero-order valence-electron chi connectivity index (χ0n) is 27.9. The van der Waals surface area contributed by atoms with E-state index in [0.717, 1.165) is 89.4 Å². The summed E-state index contributed by atoms with van der Waals surface area (Å²) in [6, 6.07) is 27.7. The number of H-pyrrole nitrogens is 2. The van der Waals surface area contributed by atoms with Gasteiger partial charge in [0, 0.05) is 81.5 Å². The number of aromatic amines is 2. The van der Waals surface area contributed by atoms with Crippen LogP contribution in [0.4, 0.5) is 0 Å². The van der Waals surface area contributed by atoms with E-state index in [1.54, 1.807) is 49.3 Å². The Morgan fingerprint density at radius 1 is 0.442 bits per heavy atom. The highest BCUT2D eigenvalue weighted by molar-refractivity contribution is 6.00. The molecule has 0 radical (unpaired) electrons. The summed E-state index contributed by atoms with van der Waals surface area (Å²) in [4.78, 5) is 43.2. The predicted molar refractivity (Wildman–Crippen MR) is 205 cm³/mol. The van der Waals surface area contributed by atoms with Gasteiger partial charge in [0.25, 0.3) is 0 Å². The molecule has 7 aromatic rings. The first-order chi connectivity index (χ1) is 25.6. The third kappa shape index (κ3) is 5.46. The van der Waals surface area contributed by atoms with Crippen LogP contribution in [0.2, 0.25) is 0 Å². The number of esters is 1. The fourth-order valence-corrected chi connectivity index (χ4v) is 6.87. The molecular formula is C43H29N7O2. The van der Waals surface area contributed by atoms with Gasteiger partial charge in [-0.2, -0.15) is 0 Å². The second kappa shape index (κ2) is 12.9. The molecule has 8 bridgehead atoms. The monoisotopic (exact) mass is 675 g/mol. The van der Waals surface area contributed by atoms with E-state index < -0.39 is 5.97 Å². The predicted octanol–water partition coefficient (Wildman–Crippen LogP) is 9.30. The minimum atomic E-state index is -0.394. The van der Waals surface area contributed by atoms with Crippen molar-refractivity contribution in [2.24, 2.45) is 0 Å². The molecular weight excluding hydrogens is 647 g/mol. The summed E-state index contributed by atoms with van der Waals surface area (Å²) in [5.74, 6) is -0.394. The van der Waals surface area contributed by atoms with Crippen LogP contribution in [0.5, 0.6) is 0 Å². The van der Waals surface area contributed by atoms with Crippen molar-refractivity contribution >= 4 is 52.3 Å². The van der Waals surface area contributed by atoms with Crippen molar-refractivity contribution in [1.29, 1.82) is 0 Å². The topological polar surface area (TPSA) is 122 Å². The van der Waals surface area contributed by atoms with Crippen LogP contribution in [0.15, 0.2) is 122 Å². The van der Waals surface area contributed by atoms with Crippen LogP contribution in [0.1, 0.15) is 33.1 Å². The highest BCUT2D eigenvalue weighted by Gasteiger charge is 2.19. The Morgan fingerprint density at radius 3 is 1.06 bits per heavy atom. The lowest BCUT2D eigenvalue weighted by Gasteiger charge is -2.07. The Hall–Kier alpha value is -7.26. The van der Waals surface area contributed by atoms with Gasteiger partial charge in [0.15, 0.2) is 0 Å². The molecule has 0 unspecified atom stereocenters. The van der Waals surface area contributed by atoms with E-state index in [1.807, 2.05) is 60.7 Å². The normalized spacial score (nSPS) is 11.9. The molecule has 1 aromatic carbocycles. The fourth-order valence-electron chi connectivity index (χ4n) is 6.87. The van der Waals surface area contributed by atoms with Gasteiger partial charge >= 0.3 is 5.97 Å². The van der Waals surface area contributed by atoms with Crippen LogP contribution < -0.4 is 0 Å². The Labute approximate surface area is 298 Å². The number of carbonyl (C=O) groups excluding carboxylic acids is 1. The van der Waals surface area contributed by atoms with Gasteiger partial charge in [0.2, 0.25) is 0 Å². The van der Waals surface area contributed by atoms with Crippen LogP contribution in [0.3, 0.4) is 0 Å². The number of carbonyl (C=O) groups is 1. The summed E-state index contributed by atoms with van der Waals surface area (Å²) >= 11 is 0. The van der Waals surface area contributed by atoms with Crippen LogP contribution in [0, 0.1) is 0 Å². The standard InChI is InChI=1S/C43H29N7O2/c1-52-43(51)30-4-2-26(3-5-30)39-31-6-8-33(47-31)40(27-14-20-44-21-15-27)35-10-12-37(49-35)42(29-18-24-46-25-19-29)38-13-11-36(50-38)41(28-16-22-45-23-17-28)34-9-7-32(39)48-34/h2-25,47,50H,1H3. The zero-order chi connectivity index (χ0) is 35.0. The smallest absolute Gasteiger partial charge is 0.337 e. The average Bonchev–Trinajstić information content (AvgIpc) is 4.04. The number of rotatable bonds is 5. The van der Waals surface area contributed by atoms with E-state index in [4.69, 9.17) is 14.7 Å². The molecule has 8 heterocycles. The van der Waals surface area contributed by atoms with E-state index in [9.17, 15) is 4.79 Å². The van der Waals surface area contributed by atoms with Gasteiger partial charge in [-0.3, -0.25) is 15.0 Å². The van der Waals surface area contributed by atoms with Gasteiger partial charge in [0.1, 0.15) is 0 Å². The van der Waals surface area contributed by atoms with E-state index in [2.05, 4.69) is 61.3 Å². The van der Waals surface area contributed by atoms with E-state index in [1.165, 1.54) is 7.11 Å². The van der Waals surface area contributed by atoms with E-state index in [-0.39, 0.29) is 0 Å². The van der Waals surface area contributed by atoms with E-state index >= 15 is 0 Å². The SMILES string of the molecule is COC(=O)c1ccc(-c2c3nc(c(-c4ccncc4)c4ccc([nH]4)c(-c4ccncc4)c4nc(c(-c5ccncc5)c5ccc2[nH]5)C=C4)C=C3)cc1.